The summed E-state index contributed by atoms with van der Waals surface area (Å²) < 4.78 is 79.8. The van der Waals surface area contributed by atoms with Gasteiger partial charge in [-0.05, 0) is 66.5 Å². The molecule has 0 radical (unpaired) electrons. The average molecular weight is 678 g/mol. The van der Waals surface area contributed by atoms with Crippen molar-refractivity contribution in [3.05, 3.63) is 53.3 Å². The number of fused-ring (bicyclic) bond motifs is 1. The van der Waals surface area contributed by atoms with Crippen LogP contribution in [0, 0.1) is 17.5 Å². The fourth-order valence-corrected chi connectivity index (χ4v) is 6.55. The number of halogens is 3. The molecule has 3 aliphatic heterocycles. The molecule has 0 unspecified atom stereocenters. The maximum Gasteiger partial charge on any atom is 0.410 e. The minimum Gasteiger partial charge on any atom is -0.444 e. The van der Waals surface area contributed by atoms with Crippen molar-refractivity contribution in [3.8, 4) is 11.3 Å². The highest BCUT2D eigenvalue weighted by Gasteiger charge is 2.53. The highest BCUT2D eigenvalue weighted by atomic mass is 19.2. The molecule has 262 valence electrons. The molecule has 0 spiro atoms. The van der Waals surface area contributed by atoms with Crippen LogP contribution in [-0.2, 0) is 30.1 Å². The van der Waals surface area contributed by atoms with Gasteiger partial charge in [0.25, 0.3) is 0 Å². The van der Waals surface area contributed by atoms with Gasteiger partial charge in [-0.1, -0.05) is 10.4 Å². The number of nitrogens with zero attached hydrogens (tertiary/aromatic N) is 5. The average Bonchev–Trinajstić information content (AvgIpc) is 3.70. The summed E-state index contributed by atoms with van der Waals surface area (Å²) in [4.78, 5) is 14.2. The summed E-state index contributed by atoms with van der Waals surface area (Å²) in [5.74, 6) is -4.32. The molecule has 3 aliphatic rings. The summed E-state index contributed by atoms with van der Waals surface area (Å²) in [6, 6.07) is 3.08. The van der Waals surface area contributed by atoms with Crippen molar-refractivity contribution in [2.45, 2.75) is 109 Å². The van der Waals surface area contributed by atoms with Crippen LogP contribution in [0.5, 0.6) is 0 Å². The zero-order chi connectivity index (χ0) is 34.4. The van der Waals surface area contributed by atoms with Gasteiger partial charge in [-0.2, -0.15) is 0 Å². The molecule has 12 nitrogen and oxygen atoms in total. The fourth-order valence-electron chi connectivity index (χ4n) is 6.55. The number of aromatic nitrogens is 4. The SMILES string of the molecule is CCO[C@@H]1[C@@H](n2cc(-c3cc(F)c(F)c(F)c3)nn2)[C@H]2OC(C)(C)OC[C@H]2O[C@@H]1Cc1cc(C2CCN(C(=O)OC(C)(C)C)CC2)on1. The predicted molar refractivity (Wildman–Crippen MR) is 163 cm³/mol. The lowest BCUT2D eigenvalue weighted by Gasteiger charge is -2.51. The van der Waals surface area contributed by atoms with Gasteiger partial charge in [0.2, 0.25) is 0 Å². The molecule has 2 aromatic heterocycles. The molecule has 1 aromatic carbocycles. The van der Waals surface area contributed by atoms with Crippen molar-refractivity contribution in [3.63, 3.8) is 0 Å². The third-order valence-corrected chi connectivity index (χ3v) is 8.76. The van der Waals surface area contributed by atoms with Crippen LogP contribution in [0.1, 0.15) is 77.8 Å². The van der Waals surface area contributed by atoms with Crippen molar-refractivity contribution in [1.29, 1.82) is 0 Å². The standard InChI is InChI=1S/C33H42F3N5O7/c1-7-43-29-25(15-20-14-24(48-38-20)18-8-10-40(11-9-18)31(42)47-32(2,3)4)45-26-17-44-33(5,6)46-30(26)28(29)41-16-23(37-39-41)19-12-21(34)27(36)22(35)13-19/h12-14,16,18,25-26,28-30H,7-11,15,17H2,1-6H3/t25-,26-,28-,29+,30+/m1/s1. The van der Waals surface area contributed by atoms with E-state index in [0.717, 1.165) is 17.9 Å². The minimum absolute atomic E-state index is 0.0334. The number of piperidine rings is 1. The Balaban J connectivity index is 1.22. The molecule has 3 fully saturated rings. The molecule has 0 saturated carbocycles. The van der Waals surface area contributed by atoms with E-state index in [9.17, 15) is 18.0 Å². The second-order valence-corrected chi connectivity index (χ2v) is 13.9. The Hall–Kier alpha value is -3.53. The number of rotatable bonds is 7. The number of ether oxygens (including phenoxy) is 5. The van der Waals surface area contributed by atoms with Crippen molar-refractivity contribution in [2.75, 3.05) is 26.3 Å². The lowest BCUT2D eigenvalue weighted by molar-refractivity contribution is -0.350. The Morgan fingerprint density at radius 3 is 2.48 bits per heavy atom. The lowest BCUT2D eigenvalue weighted by Crippen LogP contribution is -2.63. The molecule has 15 heteroatoms. The molecule has 1 amide bonds. The van der Waals surface area contributed by atoms with Crippen molar-refractivity contribution in [1.82, 2.24) is 25.1 Å². The van der Waals surface area contributed by atoms with Gasteiger partial charge in [0.1, 0.15) is 41.4 Å². The molecular formula is C33H42F3N5O7. The van der Waals surface area contributed by atoms with E-state index in [4.69, 9.17) is 28.2 Å². The fraction of sp³-hybridized carbons (Fsp3) is 0.636. The Bertz CT molecular complexity index is 1580. The molecule has 5 heterocycles. The maximum absolute atomic E-state index is 14.1. The van der Waals surface area contributed by atoms with E-state index in [2.05, 4.69) is 15.5 Å². The Kier molecular flexibility index (Phi) is 9.59. The van der Waals surface area contributed by atoms with E-state index < -0.39 is 59.3 Å². The first-order chi connectivity index (χ1) is 22.7. The normalized spacial score (nSPS) is 26.4. The summed E-state index contributed by atoms with van der Waals surface area (Å²) in [6.45, 7) is 12.7. The van der Waals surface area contributed by atoms with Crippen LogP contribution in [0.4, 0.5) is 18.0 Å². The molecule has 3 aromatic rings. The second kappa shape index (κ2) is 13.4. The number of benzene rings is 1. The quantitative estimate of drug-likeness (QED) is 0.293. The van der Waals surface area contributed by atoms with Gasteiger partial charge in [-0.15, -0.1) is 5.10 Å². The number of hydrogen-bond acceptors (Lipinski definition) is 10. The van der Waals surface area contributed by atoms with Gasteiger partial charge >= 0.3 is 6.09 Å². The first-order valence-electron chi connectivity index (χ1n) is 16.3. The number of carbonyl (C=O) groups is 1. The van der Waals surface area contributed by atoms with E-state index >= 15 is 0 Å². The summed E-state index contributed by atoms with van der Waals surface area (Å²) in [5.41, 5.74) is 0.289. The van der Waals surface area contributed by atoms with E-state index in [1.165, 1.54) is 6.20 Å². The van der Waals surface area contributed by atoms with Crippen LogP contribution in [0.25, 0.3) is 11.3 Å². The van der Waals surface area contributed by atoms with E-state index in [1.807, 2.05) is 33.8 Å². The number of hydrogen-bond donors (Lipinski definition) is 0. The molecule has 0 aliphatic carbocycles. The maximum atomic E-state index is 14.1. The molecule has 3 saturated heterocycles. The Morgan fingerprint density at radius 2 is 1.81 bits per heavy atom. The highest BCUT2D eigenvalue weighted by molar-refractivity contribution is 5.68. The third-order valence-electron chi connectivity index (χ3n) is 8.76. The van der Waals surface area contributed by atoms with E-state index in [0.29, 0.717) is 44.7 Å². The molecule has 5 atom stereocenters. The second-order valence-electron chi connectivity index (χ2n) is 13.9. The zero-order valence-electron chi connectivity index (χ0n) is 28.0. The van der Waals surface area contributed by atoms with Crippen molar-refractivity contribution < 1.29 is 46.2 Å². The molecule has 0 N–H and O–H groups in total. The largest absolute Gasteiger partial charge is 0.444 e. The van der Waals surface area contributed by atoms with Gasteiger partial charge in [0, 0.05) is 43.7 Å². The van der Waals surface area contributed by atoms with Crippen LogP contribution < -0.4 is 0 Å². The van der Waals surface area contributed by atoms with E-state index in [-0.39, 0.29) is 29.9 Å². The third kappa shape index (κ3) is 7.38. The molecule has 0 bridgehead atoms. The predicted octanol–water partition coefficient (Wildman–Crippen LogP) is 5.57. The smallest absolute Gasteiger partial charge is 0.410 e. The van der Waals surface area contributed by atoms with Crippen LogP contribution in [0.2, 0.25) is 0 Å². The van der Waals surface area contributed by atoms with E-state index in [1.54, 1.807) is 23.4 Å². The summed E-state index contributed by atoms with van der Waals surface area (Å²) in [7, 11) is 0. The topological polar surface area (TPSA) is 123 Å². The Labute approximate surface area is 276 Å². The van der Waals surface area contributed by atoms with Crippen LogP contribution >= 0.6 is 0 Å². The van der Waals surface area contributed by atoms with Crippen LogP contribution in [0.3, 0.4) is 0 Å². The molecular weight excluding hydrogens is 635 g/mol. The van der Waals surface area contributed by atoms with Crippen LogP contribution in [-0.4, -0.2) is 93.3 Å². The monoisotopic (exact) mass is 677 g/mol. The van der Waals surface area contributed by atoms with Gasteiger partial charge in [-0.3, -0.25) is 0 Å². The first kappa shape index (κ1) is 34.3. The number of carbonyl (C=O) groups excluding carboxylic acids is 1. The van der Waals surface area contributed by atoms with Gasteiger partial charge < -0.3 is 33.1 Å². The van der Waals surface area contributed by atoms with Crippen molar-refractivity contribution >= 4 is 6.09 Å². The Morgan fingerprint density at radius 1 is 1.10 bits per heavy atom. The number of likely N-dealkylation sites (tertiary alicyclic amines) is 1. The highest BCUT2D eigenvalue weighted by Crippen LogP contribution is 2.41. The molecule has 48 heavy (non-hydrogen) atoms. The summed E-state index contributed by atoms with van der Waals surface area (Å²) in [5, 5.41) is 12.8. The first-order valence-corrected chi connectivity index (χ1v) is 16.3. The lowest BCUT2D eigenvalue weighted by atomic mass is 9.89. The molecule has 6 rings (SSSR count). The van der Waals surface area contributed by atoms with Gasteiger partial charge in [0.05, 0.1) is 24.6 Å². The minimum atomic E-state index is -1.56. The summed E-state index contributed by atoms with van der Waals surface area (Å²) in [6.07, 6.45) is 0.727. The number of amides is 1. The summed E-state index contributed by atoms with van der Waals surface area (Å²) >= 11 is 0. The van der Waals surface area contributed by atoms with Gasteiger partial charge in [-0.25, -0.2) is 22.6 Å². The van der Waals surface area contributed by atoms with Crippen molar-refractivity contribution in [2.24, 2.45) is 0 Å². The van der Waals surface area contributed by atoms with Gasteiger partial charge in [0.15, 0.2) is 23.2 Å². The zero-order valence-corrected chi connectivity index (χ0v) is 28.0. The van der Waals surface area contributed by atoms with Crippen LogP contribution in [0.15, 0.2) is 28.9 Å².